The maximum atomic E-state index is 13.1. The van der Waals surface area contributed by atoms with Crippen LogP contribution in [-0.4, -0.2) is 132 Å². The summed E-state index contributed by atoms with van der Waals surface area (Å²) in [6.45, 7) is 11.1. The number of aromatic nitrogens is 3. The lowest BCUT2D eigenvalue weighted by Crippen LogP contribution is -2.34. The third-order valence-corrected chi connectivity index (χ3v) is 7.71. The predicted octanol–water partition coefficient (Wildman–Crippen LogP) is 2.39. The number of fused-ring (bicyclic) bond motifs is 3. The van der Waals surface area contributed by atoms with Gasteiger partial charge in [-0.25, -0.2) is 14.8 Å². The first-order chi connectivity index (χ1) is 25.5. The van der Waals surface area contributed by atoms with Crippen LogP contribution in [0, 0.1) is 0 Å². The number of hydroxylamine groups is 2. The number of anilines is 1. The largest absolute Gasteiger partial charge is 0.389 e. The van der Waals surface area contributed by atoms with Crippen molar-refractivity contribution < 1.29 is 52.8 Å². The number of nitrogen functional groups attached to an aromatic ring is 1. The molecular formula is C36H54N6O11. The average molecular weight is 747 g/mol. The molecule has 0 atom stereocenters. The Labute approximate surface area is 309 Å². The third kappa shape index (κ3) is 14.6. The molecule has 17 heteroatoms. The molecule has 3 aromatic rings. The number of hydrogen-bond donors (Lipinski definition) is 2. The van der Waals surface area contributed by atoms with E-state index in [0.717, 1.165) is 16.4 Å². The van der Waals surface area contributed by atoms with E-state index in [1.807, 2.05) is 35.8 Å². The van der Waals surface area contributed by atoms with Crippen LogP contribution in [0.25, 0.3) is 21.9 Å². The van der Waals surface area contributed by atoms with Gasteiger partial charge in [0.05, 0.1) is 109 Å². The number of nitrogens with two attached hydrogens (primary N) is 1. The number of aliphatic hydroxyl groups is 1. The van der Waals surface area contributed by atoms with Crippen molar-refractivity contribution in [3.05, 3.63) is 30.1 Å². The normalized spacial score (nSPS) is 11.6. The maximum absolute atomic E-state index is 13.1. The molecule has 1 aromatic carbocycles. The number of pyridine rings is 1. The standard InChI is InChI=1S/C36H54N6O11/c1-5-9-31(45)42(26-43)53-32(46)13-15-49-17-19-51-21-23-52-22-20-50-18-16-48-14-12-30(44)40(6-2)24-29-39-33-34(41(29)25-36(3,4)47)27-10-7-8-11-28(27)38-35(33)37/h7-8,10-11,26,47H,5-6,9,12-25H2,1-4H3,(H2,37,38). The molecule has 2 aromatic heterocycles. The Bertz CT molecular complexity index is 1610. The molecule has 0 spiro atoms. The van der Waals surface area contributed by atoms with Gasteiger partial charge in [0.1, 0.15) is 11.3 Å². The quantitative estimate of drug-likeness (QED) is 0.0688. The van der Waals surface area contributed by atoms with Crippen LogP contribution < -0.4 is 5.73 Å². The van der Waals surface area contributed by atoms with Gasteiger partial charge in [-0.15, -0.1) is 5.06 Å². The Morgan fingerprint density at radius 2 is 1.40 bits per heavy atom. The minimum Gasteiger partial charge on any atom is -0.389 e. The van der Waals surface area contributed by atoms with E-state index < -0.39 is 17.5 Å². The second kappa shape index (κ2) is 22.7. The summed E-state index contributed by atoms with van der Waals surface area (Å²) < 4.78 is 29.3. The number of amides is 3. The molecule has 0 unspecified atom stereocenters. The molecule has 3 N–H and O–H groups in total. The first-order valence-corrected chi connectivity index (χ1v) is 17.9. The second-order valence-electron chi connectivity index (χ2n) is 12.6. The van der Waals surface area contributed by atoms with E-state index >= 15 is 0 Å². The minimum atomic E-state index is -1.04. The topological polar surface area (TPSA) is 207 Å². The summed E-state index contributed by atoms with van der Waals surface area (Å²) >= 11 is 0. The van der Waals surface area contributed by atoms with Crippen LogP contribution in [0.1, 0.15) is 59.2 Å². The number of carbonyl (C=O) groups is 4. The smallest absolute Gasteiger partial charge is 0.335 e. The zero-order chi connectivity index (χ0) is 38.6. The fourth-order valence-corrected chi connectivity index (χ4v) is 5.20. The number of rotatable bonds is 26. The van der Waals surface area contributed by atoms with Crippen molar-refractivity contribution in [1.29, 1.82) is 0 Å². The van der Waals surface area contributed by atoms with Crippen molar-refractivity contribution in [3.8, 4) is 0 Å². The molecular weight excluding hydrogens is 692 g/mol. The molecule has 2 heterocycles. The zero-order valence-corrected chi connectivity index (χ0v) is 31.3. The summed E-state index contributed by atoms with van der Waals surface area (Å²) in [7, 11) is 0. The van der Waals surface area contributed by atoms with Crippen LogP contribution in [0.4, 0.5) is 5.82 Å². The van der Waals surface area contributed by atoms with E-state index in [1.54, 1.807) is 25.7 Å². The summed E-state index contributed by atoms with van der Waals surface area (Å²) in [6.07, 6.45) is 0.875. The lowest BCUT2D eigenvalue weighted by molar-refractivity contribution is -0.197. The van der Waals surface area contributed by atoms with E-state index in [9.17, 15) is 24.3 Å². The molecule has 0 aliphatic carbocycles. The molecule has 294 valence electrons. The molecule has 0 fully saturated rings. The van der Waals surface area contributed by atoms with Gasteiger partial charge in [-0.2, -0.15) is 0 Å². The van der Waals surface area contributed by atoms with Gasteiger partial charge in [-0.05, 0) is 33.3 Å². The number of ether oxygens (including phenoxy) is 5. The number of imide groups is 1. The van der Waals surface area contributed by atoms with Gasteiger partial charge >= 0.3 is 5.97 Å². The van der Waals surface area contributed by atoms with Crippen LogP contribution in [0.3, 0.4) is 0 Å². The van der Waals surface area contributed by atoms with Crippen LogP contribution in [0.15, 0.2) is 24.3 Å². The fraction of sp³-hybridized carbons (Fsp3) is 0.611. The van der Waals surface area contributed by atoms with Gasteiger partial charge in [-0.1, -0.05) is 25.1 Å². The molecule has 0 saturated heterocycles. The molecule has 0 aliphatic rings. The third-order valence-electron chi connectivity index (χ3n) is 7.71. The fourth-order valence-electron chi connectivity index (χ4n) is 5.20. The van der Waals surface area contributed by atoms with E-state index in [1.165, 1.54) is 0 Å². The lowest BCUT2D eigenvalue weighted by atomic mass is 10.1. The van der Waals surface area contributed by atoms with Crippen molar-refractivity contribution in [2.75, 3.05) is 78.3 Å². The number of hydrogen-bond acceptors (Lipinski definition) is 14. The zero-order valence-electron chi connectivity index (χ0n) is 31.3. The monoisotopic (exact) mass is 746 g/mol. The maximum Gasteiger partial charge on any atom is 0.335 e. The van der Waals surface area contributed by atoms with E-state index in [0.29, 0.717) is 81.4 Å². The van der Waals surface area contributed by atoms with Crippen LogP contribution >= 0.6 is 0 Å². The Kier molecular flexibility index (Phi) is 18.5. The van der Waals surface area contributed by atoms with Gasteiger partial charge in [-0.3, -0.25) is 14.4 Å². The molecule has 17 nitrogen and oxygen atoms in total. The highest BCUT2D eigenvalue weighted by Crippen LogP contribution is 2.30. The predicted molar refractivity (Wildman–Crippen MR) is 194 cm³/mol. The van der Waals surface area contributed by atoms with Crippen molar-refractivity contribution in [3.63, 3.8) is 0 Å². The summed E-state index contributed by atoms with van der Waals surface area (Å²) in [4.78, 5) is 63.1. The Balaban J connectivity index is 1.25. The second-order valence-corrected chi connectivity index (χ2v) is 12.6. The number of para-hydroxylation sites is 1. The molecule has 3 rings (SSSR count). The number of nitrogens with zero attached hydrogens (tertiary/aromatic N) is 5. The van der Waals surface area contributed by atoms with Crippen LogP contribution in [-0.2, 0) is 60.8 Å². The van der Waals surface area contributed by atoms with Gasteiger partial charge in [0.2, 0.25) is 5.91 Å². The Hall–Kier alpha value is -4.26. The van der Waals surface area contributed by atoms with Gasteiger partial charge in [0.15, 0.2) is 5.82 Å². The molecule has 0 radical (unpaired) electrons. The van der Waals surface area contributed by atoms with Gasteiger partial charge < -0.3 is 48.8 Å². The highest BCUT2D eigenvalue weighted by Gasteiger charge is 2.24. The first kappa shape index (κ1) is 43.1. The summed E-state index contributed by atoms with van der Waals surface area (Å²) in [5.74, 6) is -0.503. The first-order valence-electron chi connectivity index (χ1n) is 17.9. The number of benzene rings is 1. The van der Waals surface area contributed by atoms with E-state index in [2.05, 4.69) is 4.98 Å². The lowest BCUT2D eigenvalue weighted by Gasteiger charge is -2.24. The minimum absolute atomic E-state index is 0.0594. The van der Waals surface area contributed by atoms with Crippen LogP contribution in [0.5, 0.6) is 0 Å². The summed E-state index contributed by atoms with van der Waals surface area (Å²) in [6, 6.07) is 7.64. The van der Waals surface area contributed by atoms with Crippen LogP contribution in [0.2, 0.25) is 0 Å². The SMILES string of the molecule is CCCC(=O)N(C=O)OC(=O)CCOCCOCCOCCOCCOCCC(=O)N(CC)Cc1nc2c(N)nc3ccccc3c2n1CC(C)(C)O. The number of imidazole rings is 1. The van der Waals surface area contributed by atoms with Gasteiger partial charge in [0.25, 0.3) is 12.3 Å². The average Bonchev–Trinajstić information content (AvgIpc) is 3.47. The van der Waals surface area contributed by atoms with Crippen molar-refractivity contribution in [2.24, 2.45) is 0 Å². The summed E-state index contributed by atoms with van der Waals surface area (Å²) in [5.41, 5.74) is 7.31. The van der Waals surface area contributed by atoms with Gasteiger partial charge in [0, 0.05) is 18.4 Å². The highest BCUT2D eigenvalue weighted by atomic mass is 16.7. The molecule has 53 heavy (non-hydrogen) atoms. The molecule has 0 aliphatic heterocycles. The Morgan fingerprint density at radius 3 is 1.94 bits per heavy atom. The Morgan fingerprint density at radius 1 is 0.830 bits per heavy atom. The highest BCUT2D eigenvalue weighted by molar-refractivity contribution is 6.06. The van der Waals surface area contributed by atoms with E-state index in [4.69, 9.17) is 39.2 Å². The number of carbonyl (C=O) groups excluding carboxylic acids is 4. The van der Waals surface area contributed by atoms with Crippen molar-refractivity contribution >= 4 is 51.9 Å². The molecule has 0 saturated carbocycles. The van der Waals surface area contributed by atoms with E-state index in [-0.39, 0.29) is 64.5 Å². The van der Waals surface area contributed by atoms with Crippen molar-refractivity contribution in [1.82, 2.24) is 24.5 Å². The van der Waals surface area contributed by atoms with Crippen molar-refractivity contribution in [2.45, 2.75) is 72.1 Å². The molecule has 3 amide bonds. The molecule has 0 bridgehead atoms. The summed E-state index contributed by atoms with van der Waals surface area (Å²) in [5, 5.41) is 12.0.